The molecule has 0 atom stereocenters. The van der Waals surface area contributed by atoms with Gasteiger partial charge in [-0.1, -0.05) is 6.07 Å². The van der Waals surface area contributed by atoms with Crippen molar-refractivity contribution in [3.63, 3.8) is 0 Å². The lowest BCUT2D eigenvalue weighted by atomic mass is 9.95. The van der Waals surface area contributed by atoms with Gasteiger partial charge in [0.05, 0.1) is 18.1 Å². The highest BCUT2D eigenvalue weighted by molar-refractivity contribution is 7.17. The molecule has 0 bridgehead atoms. The first-order valence-electron chi connectivity index (χ1n) is 9.48. The smallest absolute Gasteiger partial charge is 0.341 e. The average molecular weight is 411 g/mol. The van der Waals surface area contributed by atoms with Crippen molar-refractivity contribution in [2.75, 3.05) is 12.4 Å². The maximum Gasteiger partial charge on any atom is 0.341 e. The highest BCUT2D eigenvalue weighted by Crippen LogP contribution is 2.38. The first kappa shape index (κ1) is 19.4. The van der Waals surface area contributed by atoms with Crippen molar-refractivity contribution in [2.45, 2.75) is 39.5 Å². The lowest BCUT2D eigenvalue weighted by Crippen LogP contribution is -2.17. The summed E-state index contributed by atoms with van der Waals surface area (Å²) < 4.78 is 10.7. The van der Waals surface area contributed by atoms with Crippen molar-refractivity contribution in [2.24, 2.45) is 0 Å². The van der Waals surface area contributed by atoms with E-state index in [9.17, 15) is 14.4 Å². The van der Waals surface area contributed by atoms with Crippen LogP contribution < -0.4 is 10.7 Å². The molecule has 2 aromatic heterocycles. The summed E-state index contributed by atoms with van der Waals surface area (Å²) in [5.41, 5.74) is 3.21. The lowest BCUT2D eigenvalue weighted by Gasteiger charge is -2.11. The van der Waals surface area contributed by atoms with E-state index in [0.717, 1.165) is 47.3 Å². The van der Waals surface area contributed by atoms with Crippen LogP contribution in [0.4, 0.5) is 5.00 Å². The van der Waals surface area contributed by atoms with E-state index in [0.29, 0.717) is 21.5 Å². The van der Waals surface area contributed by atoms with E-state index < -0.39 is 11.9 Å². The van der Waals surface area contributed by atoms with E-state index in [4.69, 9.17) is 9.15 Å². The highest BCUT2D eigenvalue weighted by Gasteiger charge is 2.27. The number of anilines is 1. The van der Waals surface area contributed by atoms with Crippen molar-refractivity contribution in [1.82, 2.24) is 0 Å². The van der Waals surface area contributed by atoms with Gasteiger partial charge in [0, 0.05) is 10.9 Å². The van der Waals surface area contributed by atoms with Crippen LogP contribution in [0.2, 0.25) is 0 Å². The molecule has 0 spiro atoms. The van der Waals surface area contributed by atoms with Crippen LogP contribution in [0.25, 0.3) is 11.0 Å². The minimum atomic E-state index is -0.563. The number of fused-ring (bicyclic) bond motifs is 2. The van der Waals surface area contributed by atoms with E-state index in [1.165, 1.54) is 24.5 Å². The van der Waals surface area contributed by atoms with Gasteiger partial charge >= 0.3 is 5.97 Å². The molecule has 29 heavy (non-hydrogen) atoms. The number of methoxy groups -OCH3 is 1. The van der Waals surface area contributed by atoms with Gasteiger partial charge in [0.2, 0.25) is 0 Å². The fourth-order valence-corrected chi connectivity index (χ4v) is 5.19. The van der Waals surface area contributed by atoms with E-state index in [1.807, 2.05) is 19.9 Å². The molecule has 0 saturated carbocycles. The first-order chi connectivity index (χ1) is 13.9. The average Bonchev–Trinajstić information content (AvgIpc) is 3.04. The monoisotopic (exact) mass is 411 g/mol. The molecule has 7 heteroatoms. The predicted octanol–water partition coefficient (Wildman–Crippen LogP) is 4.39. The Bertz CT molecular complexity index is 1200. The number of carbonyl (C=O) groups is 2. The summed E-state index contributed by atoms with van der Waals surface area (Å²) in [6.07, 6.45) is 3.72. The molecule has 0 radical (unpaired) electrons. The van der Waals surface area contributed by atoms with Crippen molar-refractivity contribution in [3.8, 4) is 0 Å². The largest absolute Gasteiger partial charge is 0.465 e. The number of aryl methyl sites for hydroxylation is 3. The Balaban J connectivity index is 1.75. The van der Waals surface area contributed by atoms with Crippen molar-refractivity contribution < 1.29 is 18.7 Å². The normalized spacial score (nSPS) is 13.2. The predicted molar refractivity (Wildman–Crippen MR) is 112 cm³/mol. The molecule has 1 N–H and O–H groups in total. The molecule has 3 aromatic rings. The Kier molecular flexibility index (Phi) is 5.00. The summed E-state index contributed by atoms with van der Waals surface area (Å²) in [4.78, 5) is 38.9. The Labute approximate surface area is 171 Å². The Morgan fingerprint density at radius 3 is 2.66 bits per heavy atom. The zero-order valence-corrected chi connectivity index (χ0v) is 17.3. The van der Waals surface area contributed by atoms with Gasteiger partial charge in [0.15, 0.2) is 11.2 Å². The summed E-state index contributed by atoms with van der Waals surface area (Å²) in [5.74, 6) is -1.12. The number of carbonyl (C=O) groups excluding carboxylic acids is 2. The summed E-state index contributed by atoms with van der Waals surface area (Å²) in [5, 5.41) is 3.67. The SMILES string of the molecule is COC(=O)c1c(NC(=O)c2cc(=O)c3c(C)cc(C)cc3o2)sc2c1CCCC2. The molecule has 0 fully saturated rings. The van der Waals surface area contributed by atoms with E-state index in [1.54, 1.807) is 6.07 Å². The molecular formula is C22H21NO5S. The second kappa shape index (κ2) is 7.48. The highest BCUT2D eigenvalue weighted by atomic mass is 32.1. The van der Waals surface area contributed by atoms with Gasteiger partial charge < -0.3 is 14.5 Å². The topological polar surface area (TPSA) is 85.6 Å². The van der Waals surface area contributed by atoms with Crippen LogP contribution in [-0.4, -0.2) is 19.0 Å². The Hall–Kier alpha value is -2.93. The minimum absolute atomic E-state index is 0.0883. The number of amides is 1. The van der Waals surface area contributed by atoms with Gasteiger partial charge in [0.25, 0.3) is 5.91 Å². The third-order valence-electron chi connectivity index (χ3n) is 5.18. The van der Waals surface area contributed by atoms with Crippen LogP contribution in [0.5, 0.6) is 0 Å². The Morgan fingerprint density at radius 1 is 1.14 bits per heavy atom. The Morgan fingerprint density at radius 2 is 1.90 bits per heavy atom. The van der Waals surface area contributed by atoms with Crippen LogP contribution in [0.3, 0.4) is 0 Å². The lowest BCUT2D eigenvalue weighted by molar-refractivity contribution is 0.0601. The van der Waals surface area contributed by atoms with Crippen LogP contribution in [0.15, 0.2) is 27.4 Å². The summed E-state index contributed by atoms with van der Waals surface area (Å²) >= 11 is 1.39. The minimum Gasteiger partial charge on any atom is -0.465 e. The summed E-state index contributed by atoms with van der Waals surface area (Å²) in [7, 11) is 1.33. The molecule has 1 aliphatic carbocycles. The van der Waals surface area contributed by atoms with Gasteiger partial charge in [-0.3, -0.25) is 9.59 Å². The fraction of sp³-hybridized carbons (Fsp3) is 0.318. The van der Waals surface area contributed by atoms with Gasteiger partial charge in [0.1, 0.15) is 10.6 Å². The third-order valence-corrected chi connectivity index (χ3v) is 6.39. The second-order valence-electron chi connectivity index (χ2n) is 7.29. The number of hydrogen-bond donors (Lipinski definition) is 1. The zero-order valence-electron chi connectivity index (χ0n) is 16.5. The van der Waals surface area contributed by atoms with E-state index in [2.05, 4.69) is 5.32 Å². The third kappa shape index (κ3) is 3.46. The van der Waals surface area contributed by atoms with Gasteiger partial charge in [-0.2, -0.15) is 0 Å². The number of ether oxygens (including phenoxy) is 1. The van der Waals surface area contributed by atoms with Crippen LogP contribution in [0, 0.1) is 13.8 Å². The van der Waals surface area contributed by atoms with Gasteiger partial charge in [-0.15, -0.1) is 11.3 Å². The molecule has 4 rings (SSSR count). The molecular weight excluding hydrogens is 390 g/mol. The number of hydrogen-bond acceptors (Lipinski definition) is 6. The van der Waals surface area contributed by atoms with E-state index in [-0.39, 0.29) is 11.2 Å². The number of benzene rings is 1. The van der Waals surface area contributed by atoms with Crippen LogP contribution in [0.1, 0.15) is 55.3 Å². The number of nitrogens with one attached hydrogen (secondary N) is 1. The molecule has 0 aliphatic heterocycles. The molecule has 1 amide bonds. The maximum atomic E-state index is 12.9. The van der Waals surface area contributed by atoms with Gasteiger partial charge in [-0.25, -0.2) is 4.79 Å². The zero-order chi connectivity index (χ0) is 20.7. The summed E-state index contributed by atoms with van der Waals surface area (Å²) in [6.45, 7) is 3.74. The molecule has 2 heterocycles. The summed E-state index contributed by atoms with van der Waals surface area (Å²) in [6, 6.07) is 4.84. The molecule has 6 nitrogen and oxygen atoms in total. The van der Waals surface area contributed by atoms with Crippen molar-refractivity contribution in [1.29, 1.82) is 0 Å². The van der Waals surface area contributed by atoms with Crippen molar-refractivity contribution in [3.05, 3.63) is 61.3 Å². The molecule has 0 unspecified atom stereocenters. The van der Waals surface area contributed by atoms with Crippen molar-refractivity contribution >= 4 is 39.2 Å². The fourth-order valence-electron chi connectivity index (χ4n) is 3.91. The van der Waals surface area contributed by atoms with Crippen LogP contribution >= 0.6 is 11.3 Å². The van der Waals surface area contributed by atoms with Gasteiger partial charge in [-0.05, 0) is 62.3 Å². The standard InChI is InChI=1S/C22H21NO5S/c1-11-8-12(2)18-14(24)10-16(28-15(18)9-11)20(25)23-21-19(22(26)27-3)13-6-4-5-7-17(13)29-21/h8-10H,4-7H2,1-3H3,(H,23,25). The maximum absolute atomic E-state index is 12.9. The molecule has 0 saturated heterocycles. The number of rotatable bonds is 3. The number of thiophene rings is 1. The molecule has 1 aliphatic rings. The number of esters is 1. The molecule has 150 valence electrons. The second-order valence-corrected chi connectivity index (χ2v) is 8.40. The quantitative estimate of drug-likeness (QED) is 0.646. The molecule has 1 aromatic carbocycles. The van der Waals surface area contributed by atoms with Crippen LogP contribution in [-0.2, 0) is 17.6 Å². The van der Waals surface area contributed by atoms with E-state index >= 15 is 0 Å². The first-order valence-corrected chi connectivity index (χ1v) is 10.3.